The summed E-state index contributed by atoms with van der Waals surface area (Å²) in [7, 11) is 0. The van der Waals surface area contributed by atoms with Crippen LogP contribution in [0, 0.1) is 11.7 Å². The van der Waals surface area contributed by atoms with Gasteiger partial charge in [-0.3, -0.25) is 0 Å². The first-order valence-corrected chi connectivity index (χ1v) is 8.01. The van der Waals surface area contributed by atoms with Gasteiger partial charge in [-0.25, -0.2) is 9.18 Å². The van der Waals surface area contributed by atoms with Crippen molar-refractivity contribution in [2.75, 3.05) is 13.1 Å². The molecule has 0 bridgehead atoms. The first kappa shape index (κ1) is 14.4. The number of carbonyl (C=O) groups is 1. The molecule has 0 heterocycles. The molecular formula is C17H23FN2O. The third kappa shape index (κ3) is 3.20. The zero-order chi connectivity index (χ0) is 14.8. The van der Waals surface area contributed by atoms with E-state index in [2.05, 4.69) is 12.2 Å². The molecule has 0 spiro atoms. The Morgan fingerprint density at radius 1 is 1.38 bits per heavy atom. The van der Waals surface area contributed by atoms with Crippen LogP contribution in [0.4, 0.5) is 9.18 Å². The number of amides is 2. The van der Waals surface area contributed by atoms with E-state index in [0.717, 1.165) is 37.1 Å². The van der Waals surface area contributed by atoms with E-state index in [0.29, 0.717) is 12.3 Å². The number of fused-ring (bicyclic) bond motifs is 1. The van der Waals surface area contributed by atoms with Gasteiger partial charge in [-0.15, -0.1) is 0 Å². The van der Waals surface area contributed by atoms with Crippen molar-refractivity contribution >= 4 is 6.03 Å². The van der Waals surface area contributed by atoms with Crippen LogP contribution in [-0.2, 0) is 6.42 Å². The maximum atomic E-state index is 13.7. The topological polar surface area (TPSA) is 32.3 Å². The summed E-state index contributed by atoms with van der Waals surface area (Å²) in [5, 5.41) is 3.10. The van der Waals surface area contributed by atoms with Crippen LogP contribution in [0.5, 0.6) is 0 Å². The maximum Gasteiger partial charge on any atom is 0.317 e. The van der Waals surface area contributed by atoms with Crippen LogP contribution in [0.3, 0.4) is 0 Å². The van der Waals surface area contributed by atoms with Crippen molar-refractivity contribution in [2.45, 2.75) is 45.1 Å². The first-order chi connectivity index (χ1) is 10.2. The van der Waals surface area contributed by atoms with E-state index in [4.69, 9.17) is 0 Å². The fourth-order valence-corrected chi connectivity index (χ4v) is 3.16. The lowest BCUT2D eigenvalue weighted by atomic mass is 10.1. The third-order valence-electron chi connectivity index (χ3n) is 4.47. The lowest BCUT2D eigenvalue weighted by Crippen LogP contribution is -2.42. The molecule has 21 heavy (non-hydrogen) atoms. The summed E-state index contributed by atoms with van der Waals surface area (Å²) < 4.78 is 13.7. The van der Waals surface area contributed by atoms with Gasteiger partial charge in [-0.05, 0) is 55.2 Å². The second kappa shape index (κ2) is 6.04. The molecule has 0 radical (unpaired) electrons. The number of carbonyl (C=O) groups excluding carboxylic acids is 1. The second-order valence-corrected chi connectivity index (χ2v) is 6.24. The molecule has 2 aliphatic rings. The summed E-state index contributed by atoms with van der Waals surface area (Å²) in [6.07, 6.45) is 4.96. The predicted octanol–water partition coefficient (Wildman–Crippen LogP) is 3.64. The van der Waals surface area contributed by atoms with E-state index >= 15 is 0 Å². The van der Waals surface area contributed by atoms with Crippen molar-refractivity contribution in [3.05, 3.63) is 35.1 Å². The van der Waals surface area contributed by atoms with Crippen LogP contribution < -0.4 is 5.32 Å². The van der Waals surface area contributed by atoms with Gasteiger partial charge in [0.05, 0.1) is 6.04 Å². The lowest BCUT2D eigenvalue weighted by molar-refractivity contribution is 0.191. The Bertz CT molecular complexity index is 528. The zero-order valence-corrected chi connectivity index (χ0v) is 12.6. The summed E-state index contributed by atoms with van der Waals surface area (Å²) in [5.41, 5.74) is 1.72. The molecule has 3 rings (SSSR count). The van der Waals surface area contributed by atoms with Crippen LogP contribution in [-0.4, -0.2) is 24.0 Å². The summed E-state index contributed by atoms with van der Waals surface area (Å²) in [5.74, 6) is 0.545. The highest BCUT2D eigenvalue weighted by atomic mass is 19.1. The highest BCUT2D eigenvalue weighted by Crippen LogP contribution is 2.33. The Kier molecular flexibility index (Phi) is 4.13. The third-order valence-corrected chi connectivity index (χ3v) is 4.47. The Balaban J connectivity index is 1.66. The molecule has 2 amide bonds. The van der Waals surface area contributed by atoms with E-state index in [1.54, 1.807) is 6.07 Å². The molecule has 0 saturated heterocycles. The summed E-state index contributed by atoms with van der Waals surface area (Å²) in [4.78, 5) is 14.4. The number of halogens is 1. The number of urea groups is 1. The van der Waals surface area contributed by atoms with Crippen molar-refractivity contribution < 1.29 is 9.18 Å². The van der Waals surface area contributed by atoms with Gasteiger partial charge in [0.15, 0.2) is 0 Å². The second-order valence-electron chi connectivity index (χ2n) is 6.24. The average Bonchev–Trinajstić information content (AvgIpc) is 3.19. The lowest BCUT2D eigenvalue weighted by Gasteiger charge is -2.25. The van der Waals surface area contributed by atoms with E-state index in [1.165, 1.54) is 18.9 Å². The fourth-order valence-electron chi connectivity index (χ4n) is 3.16. The van der Waals surface area contributed by atoms with Crippen molar-refractivity contribution in [3.63, 3.8) is 0 Å². The molecule has 3 nitrogen and oxygen atoms in total. The maximum absolute atomic E-state index is 13.7. The van der Waals surface area contributed by atoms with Crippen LogP contribution in [0.25, 0.3) is 0 Å². The quantitative estimate of drug-likeness (QED) is 0.882. The molecule has 1 N–H and O–H groups in total. The average molecular weight is 290 g/mol. The number of benzene rings is 1. The molecule has 1 aromatic rings. The number of nitrogens with one attached hydrogen (secondary N) is 1. The number of rotatable bonds is 5. The minimum Gasteiger partial charge on any atom is -0.331 e. The predicted molar refractivity (Wildman–Crippen MR) is 80.6 cm³/mol. The van der Waals surface area contributed by atoms with E-state index < -0.39 is 0 Å². The molecule has 0 aliphatic heterocycles. The van der Waals surface area contributed by atoms with Crippen LogP contribution in [0.15, 0.2) is 18.2 Å². The molecule has 4 heteroatoms. The molecule has 1 aromatic carbocycles. The standard InChI is InChI=1S/C17H23FN2O/c1-2-10-20(11-12-6-7-12)17(21)19-16-9-8-13-14(16)4-3-5-15(13)18/h3-5,12,16H,2,6-11H2,1H3,(H,19,21). The summed E-state index contributed by atoms with van der Waals surface area (Å²) in [6.45, 7) is 3.75. The van der Waals surface area contributed by atoms with Crippen molar-refractivity contribution in [2.24, 2.45) is 5.92 Å². The normalized spacial score (nSPS) is 20.2. The number of nitrogens with zero attached hydrogens (tertiary/aromatic N) is 1. The SMILES string of the molecule is CCCN(CC1CC1)C(=O)NC1CCc2c(F)cccc21. The summed E-state index contributed by atoms with van der Waals surface area (Å²) >= 11 is 0. The van der Waals surface area contributed by atoms with E-state index in [1.807, 2.05) is 11.0 Å². The molecule has 1 saturated carbocycles. The first-order valence-electron chi connectivity index (χ1n) is 8.01. The number of hydrogen-bond acceptors (Lipinski definition) is 1. The Morgan fingerprint density at radius 2 is 2.19 bits per heavy atom. The zero-order valence-electron chi connectivity index (χ0n) is 12.6. The van der Waals surface area contributed by atoms with Gasteiger partial charge in [0.2, 0.25) is 0 Å². The van der Waals surface area contributed by atoms with E-state index in [9.17, 15) is 9.18 Å². The highest BCUT2D eigenvalue weighted by molar-refractivity contribution is 5.75. The van der Waals surface area contributed by atoms with Gasteiger partial charge in [-0.1, -0.05) is 19.1 Å². The smallest absolute Gasteiger partial charge is 0.317 e. The van der Waals surface area contributed by atoms with Crippen LogP contribution in [0.2, 0.25) is 0 Å². The monoisotopic (exact) mass is 290 g/mol. The van der Waals surface area contributed by atoms with Gasteiger partial charge in [0.1, 0.15) is 5.82 Å². The van der Waals surface area contributed by atoms with E-state index in [-0.39, 0.29) is 17.9 Å². The molecule has 1 unspecified atom stereocenters. The van der Waals surface area contributed by atoms with Crippen LogP contribution >= 0.6 is 0 Å². The van der Waals surface area contributed by atoms with Crippen molar-refractivity contribution in [1.29, 1.82) is 0 Å². The molecule has 2 aliphatic carbocycles. The van der Waals surface area contributed by atoms with Crippen molar-refractivity contribution in [1.82, 2.24) is 10.2 Å². The largest absolute Gasteiger partial charge is 0.331 e. The molecular weight excluding hydrogens is 267 g/mol. The minimum atomic E-state index is -0.146. The van der Waals surface area contributed by atoms with Crippen molar-refractivity contribution in [3.8, 4) is 0 Å². The fraction of sp³-hybridized carbons (Fsp3) is 0.588. The molecule has 114 valence electrons. The number of hydrogen-bond donors (Lipinski definition) is 1. The molecule has 0 aromatic heterocycles. The minimum absolute atomic E-state index is 0.00543. The van der Waals surface area contributed by atoms with Crippen LogP contribution in [0.1, 0.15) is 49.8 Å². The Morgan fingerprint density at radius 3 is 2.90 bits per heavy atom. The highest BCUT2D eigenvalue weighted by Gasteiger charge is 2.30. The van der Waals surface area contributed by atoms with Gasteiger partial charge in [0.25, 0.3) is 0 Å². The summed E-state index contributed by atoms with van der Waals surface area (Å²) in [6, 6.07) is 5.13. The van der Waals surface area contributed by atoms with Gasteiger partial charge < -0.3 is 10.2 Å². The molecule has 1 fully saturated rings. The van der Waals surface area contributed by atoms with Gasteiger partial charge >= 0.3 is 6.03 Å². The Hall–Kier alpha value is -1.58. The Labute approximate surface area is 125 Å². The van der Waals surface area contributed by atoms with Gasteiger partial charge in [0, 0.05) is 13.1 Å². The molecule has 1 atom stereocenters. The van der Waals surface area contributed by atoms with Gasteiger partial charge in [-0.2, -0.15) is 0 Å².